The van der Waals surface area contributed by atoms with Gasteiger partial charge in [0.1, 0.15) is 11.8 Å². The number of aryl methyl sites for hydroxylation is 1. The van der Waals surface area contributed by atoms with Gasteiger partial charge < -0.3 is 29.5 Å². The number of likely N-dealkylation sites (tertiary alicyclic amines) is 1. The molecule has 9 nitrogen and oxygen atoms in total. The molecule has 3 aromatic carbocycles. The number of nitrogens with zero attached hydrogens (tertiary/aromatic N) is 1. The van der Waals surface area contributed by atoms with E-state index >= 15 is 0 Å². The van der Waals surface area contributed by atoms with E-state index in [1.807, 2.05) is 13.0 Å². The Hall–Kier alpha value is -4.54. The van der Waals surface area contributed by atoms with E-state index in [9.17, 15) is 19.5 Å². The van der Waals surface area contributed by atoms with Crippen molar-refractivity contribution in [3.63, 3.8) is 0 Å². The van der Waals surface area contributed by atoms with Crippen LogP contribution in [0.5, 0.6) is 17.2 Å². The van der Waals surface area contributed by atoms with E-state index in [2.05, 4.69) is 5.32 Å². The summed E-state index contributed by atoms with van der Waals surface area (Å²) in [5, 5.41) is 13.6. The molecule has 2 N–H and O–H groups in total. The maximum Gasteiger partial charge on any atom is 0.327 e. The number of rotatable bonds is 7. The van der Waals surface area contributed by atoms with Crippen LogP contribution >= 0.6 is 22.9 Å². The minimum absolute atomic E-state index is 0.0290. The van der Waals surface area contributed by atoms with Crippen molar-refractivity contribution in [2.75, 3.05) is 19.2 Å². The van der Waals surface area contributed by atoms with Gasteiger partial charge in [0, 0.05) is 11.6 Å². The highest BCUT2D eigenvalue weighted by Gasteiger charge is 2.58. The summed E-state index contributed by atoms with van der Waals surface area (Å²) in [6.45, 7) is 1.92. The largest absolute Gasteiger partial charge is 0.497 e. The molecule has 43 heavy (non-hydrogen) atoms. The number of carboxylic acid groups (broad SMARTS) is 1. The number of anilines is 1. The summed E-state index contributed by atoms with van der Waals surface area (Å²) in [5.74, 6) is -2.08. The van der Waals surface area contributed by atoms with Crippen LogP contribution in [0.3, 0.4) is 0 Å². The number of fused-ring (bicyclic) bond motifs is 1. The average molecular weight is 619 g/mol. The van der Waals surface area contributed by atoms with Gasteiger partial charge in [-0.05, 0) is 72.1 Å². The summed E-state index contributed by atoms with van der Waals surface area (Å²) in [6, 6.07) is 19.5. The maximum absolute atomic E-state index is 14.5. The number of methoxy groups -OCH3 is 1. The van der Waals surface area contributed by atoms with Crippen molar-refractivity contribution >= 4 is 46.4 Å². The Balaban J connectivity index is 1.57. The second-order valence-electron chi connectivity index (χ2n) is 10.3. The number of hydrogen-bond acceptors (Lipinski definition) is 7. The number of nitrogens with one attached hydrogen (secondary N) is 1. The van der Waals surface area contributed by atoms with E-state index < -0.39 is 35.9 Å². The molecule has 6 rings (SSSR count). The zero-order valence-electron chi connectivity index (χ0n) is 23.2. The molecular weight excluding hydrogens is 592 g/mol. The number of thiophene rings is 1. The predicted octanol–water partition coefficient (Wildman–Crippen LogP) is 6.77. The van der Waals surface area contributed by atoms with Crippen LogP contribution in [0.4, 0.5) is 10.5 Å². The van der Waals surface area contributed by atoms with E-state index in [1.54, 1.807) is 72.8 Å². The summed E-state index contributed by atoms with van der Waals surface area (Å²) < 4.78 is 17.0. The van der Waals surface area contributed by atoms with Crippen molar-refractivity contribution in [3.05, 3.63) is 105 Å². The van der Waals surface area contributed by atoms with Crippen molar-refractivity contribution in [2.45, 2.75) is 24.9 Å². The Morgan fingerprint density at radius 1 is 0.977 bits per heavy atom. The maximum atomic E-state index is 14.5. The lowest BCUT2D eigenvalue weighted by Crippen LogP contribution is -2.45. The molecule has 2 aliphatic heterocycles. The highest BCUT2D eigenvalue weighted by molar-refractivity contribution is 7.18. The fourth-order valence-corrected chi connectivity index (χ4v) is 7.00. The van der Waals surface area contributed by atoms with Gasteiger partial charge in [-0.2, -0.15) is 0 Å². The fraction of sp³-hybridized carbons (Fsp3) is 0.219. The number of carboxylic acids is 1. The monoisotopic (exact) mass is 618 g/mol. The third-order valence-electron chi connectivity index (χ3n) is 7.76. The van der Waals surface area contributed by atoms with Crippen LogP contribution in [0.2, 0.25) is 4.34 Å². The van der Waals surface area contributed by atoms with E-state index in [0.717, 1.165) is 16.9 Å². The molecule has 2 amide bonds. The van der Waals surface area contributed by atoms with Crippen LogP contribution in [-0.4, -0.2) is 47.7 Å². The summed E-state index contributed by atoms with van der Waals surface area (Å²) in [7, 11) is 1.51. The Morgan fingerprint density at radius 3 is 2.49 bits per heavy atom. The van der Waals surface area contributed by atoms with Gasteiger partial charge in [-0.15, -0.1) is 11.3 Å². The Bertz CT molecular complexity index is 1720. The molecule has 4 aromatic rings. The first-order chi connectivity index (χ1) is 20.7. The van der Waals surface area contributed by atoms with Gasteiger partial charge in [0.05, 0.1) is 28.3 Å². The number of ketones is 1. The molecule has 4 atom stereocenters. The first-order valence-corrected chi connectivity index (χ1v) is 14.7. The fourth-order valence-electron chi connectivity index (χ4n) is 5.97. The van der Waals surface area contributed by atoms with Crippen molar-refractivity contribution in [1.82, 2.24) is 4.90 Å². The first-order valence-electron chi connectivity index (χ1n) is 13.5. The minimum Gasteiger partial charge on any atom is -0.497 e. The van der Waals surface area contributed by atoms with E-state index in [-0.39, 0.29) is 12.6 Å². The van der Waals surface area contributed by atoms with Crippen LogP contribution < -0.4 is 19.5 Å². The van der Waals surface area contributed by atoms with Gasteiger partial charge >= 0.3 is 12.0 Å². The number of urea groups is 1. The highest BCUT2D eigenvalue weighted by Crippen LogP contribution is 2.53. The molecule has 1 aromatic heterocycles. The quantitative estimate of drug-likeness (QED) is 0.220. The molecule has 4 unspecified atom stereocenters. The molecule has 1 saturated heterocycles. The van der Waals surface area contributed by atoms with Crippen molar-refractivity contribution in [3.8, 4) is 17.2 Å². The summed E-state index contributed by atoms with van der Waals surface area (Å²) >= 11 is 7.34. The molecule has 0 bridgehead atoms. The number of amides is 2. The van der Waals surface area contributed by atoms with Gasteiger partial charge in [0.2, 0.25) is 6.79 Å². The third-order valence-corrected chi connectivity index (χ3v) is 9.00. The van der Waals surface area contributed by atoms with Crippen molar-refractivity contribution in [2.24, 2.45) is 5.92 Å². The van der Waals surface area contributed by atoms with Crippen molar-refractivity contribution < 1.29 is 33.7 Å². The number of Topliss-reactive ketones (excluding diaryl/α,β-unsaturated/α-hetero) is 1. The molecule has 3 heterocycles. The summed E-state index contributed by atoms with van der Waals surface area (Å²) in [4.78, 5) is 43.5. The molecule has 11 heteroatoms. The zero-order valence-corrected chi connectivity index (χ0v) is 24.7. The standard InChI is InChI=1S/C32H27ClN2O7S/c1-17-5-3-7-20(13-17)34-32(39)35-28(19-9-10-22-23(15-19)42-16-41-22)27(30(36)24-11-12-25(33)43-24)26(29(35)31(37)38)18-6-4-8-21(14-18)40-2/h3-15,26-29H,16H2,1-2H3,(H,34,39)(H,37,38). The zero-order chi connectivity index (χ0) is 30.2. The number of hydrogen-bond donors (Lipinski definition) is 2. The second-order valence-corrected chi connectivity index (χ2v) is 12.1. The Morgan fingerprint density at radius 2 is 1.77 bits per heavy atom. The molecule has 0 spiro atoms. The van der Waals surface area contributed by atoms with Gasteiger partial charge in [-0.1, -0.05) is 41.9 Å². The SMILES string of the molecule is COc1cccc(C2C(C(=O)c3ccc(Cl)s3)C(c3ccc4c(c3)OCO4)N(C(=O)Nc3cccc(C)c3)C2C(=O)O)c1. The van der Waals surface area contributed by atoms with Crippen molar-refractivity contribution in [1.29, 1.82) is 0 Å². The number of carbonyl (C=O) groups is 3. The summed E-state index contributed by atoms with van der Waals surface area (Å²) in [5.41, 5.74) is 2.49. The van der Waals surface area contributed by atoms with Gasteiger partial charge in [0.15, 0.2) is 17.3 Å². The number of halogens is 1. The molecule has 220 valence electrons. The number of benzene rings is 3. The molecule has 0 saturated carbocycles. The number of aliphatic carboxylic acids is 1. The van der Waals surface area contributed by atoms with Crippen LogP contribution in [0.15, 0.2) is 78.9 Å². The normalized spacial score (nSPS) is 20.6. The predicted molar refractivity (Wildman–Crippen MR) is 162 cm³/mol. The van der Waals surface area contributed by atoms with Gasteiger partial charge in [-0.3, -0.25) is 4.79 Å². The molecular formula is C32H27ClN2O7S. The molecule has 0 aliphatic carbocycles. The van der Waals surface area contributed by atoms with Crippen LogP contribution in [-0.2, 0) is 4.79 Å². The number of carbonyl (C=O) groups excluding carboxylic acids is 2. The third kappa shape index (κ3) is 5.39. The van der Waals surface area contributed by atoms with Gasteiger partial charge in [0.25, 0.3) is 0 Å². The van der Waals surface area contributed by atoms with Crippen LogP contribution in [0.25, 0.3) is 0 Å². The van der Waals surface area contributed by atoms with E-state index in [4.69, 9.17) is 25.8 Å². The average Bonchev–Trinajstić information content (AvgIpc) is 3.73. The number of ether oxygens (including phenoxy) is 3. The Labute approximate surface area is 256 Å². The lowest BCUT2D eigenvalue weighted by Gasteiger charge is -2.30. The first kappa shape index (κ1) is 28.6. The highest BCUT2D eigenvalue weighted by atomic mass is 35.5. The minimum atomic E-state index is -1.42. The lowest BCUT2D eigenvalue weighted by molar-refractivity contribution is -0.142. The van der Waals surface area contributed by atoms with Crippen LogP contribution in [0.1, 0.15) is 38.3 Å². The van der Waals surface area contributed by atoms with E-state index in [0.29, 0.717) is 43.3 Å². The topological polar surface area (TPSA) is 114 Å². The molecule has 2 aliphatic rings. The summed E-state index contributed by atoms with van der Waals surface area (Å²) in [6.07, 6.45) is 0. The smallest absolute Gasteiger partial charge is 0.327 e. The van der Waals surface area contributed by atoms with Gasteiger partial charge in [-0.25, -0.2) is 9.59 Å². The molecule has 1 fully saturated rings. The second kappa shape index (κ2) is 11.6. The van der Waals surface area contributed by atoms with Crippen LogP contribution in [0, 0.1) is 12.8 Å². The lowest BCUT2D eigenvalue weighted by atomic mass is 9.77. The molecule has 0 radical (unpaired) electrons. The Kier molecular flexibility index (Phi) is 7.72. The van der Waals surface area contributed by atoms with E-state index in [1.165, 1.54) is 12.0 Å².